The van der Waals surface area contributed by atoms with Crippen molar-refractivity contribution in [3.63, 3.8) is 0 Å². The zero-order valence-corrected chi connectivity index (χ0v) is 3.07. The van der Waals surface area contributed by atoms with Crippen molar-refractivity contribution >= 4 is 6.29 Å². The fourth-order valence-corrected chi connectivity index (χ4v) is 0. The van der Waals surface area contributed by atoms with E-state index in [4.69, 9.17) is 4.79 Å². The van der Waals surface area contributed by atoms with Gasteiger partial charge in [-0.05, 0) is 0 Å². The van der Waals surface area contributed by atoms with Crippen LogP contribution in [0.25, 0.3) is 0 Å². The van der Waals surface area contributed by atoms with E-state index >= 15 is 0 Å². The maximum atomic E-state index is 9.10. The fourth-order valence-electron chi connectivity index (χ4n) is 0. The molecule has 0 aliphatic rings. The third-order valence-corrected chi connectivity index (χ3v) is 0.229. The molecule has 0 heterocycles. The molecule has 0 saturated heterocycles. The quantitative estimate of drug-likeness (QED) is 0.430. The van der Waals surface area contributed by atoms with Crippen molar-refractivity contribution in [3.05, 3.63) is 0 Å². The fraction of sp³-hybridized carbons (Fsp3) is 0.500. The van der Waals surface area contributed by atoms with Gasteiger partial charge in [-0.1, -0.05) is 0 Å². The molecule has 0 saturated carbocycles. The van der Waals surface area contributed by atoms with Crippen LogP contribution in [0.15, 0.2) is 0 Å². The van der Waals surface area contributed by atoms with Crippen LogP contribution in [-0.2, 0) is 20.5 Å². The minimum atomic E-state index is 0.326. The van der Waals surface area contributed by atoms with E-state index in [9.17, 15) is 0 Å². The average Bonchev–Trinajstić information content (AvgIpc) is 1.37. The molecule has 1 nitrogen and oxygen atoms in total. The Labute approximate surface area is 33.0 Å². The van der Waals surface area contributed by atoms with Gasteiger partial charge in [-0.15, -0.1) is 0 Å². The predicted octanol–water partition coefficient (Wildman–Crippen LogP) is 0.150. The number of carbonyl (C=O) groups is 1. The Bertz CT molecular complexity index is 20.0. The maximum absolute atomic E-state index is 9.10. The van der Waals surface area contributed by atoms with Crippen LogP contribution in [0.2, 0.25) is 5.36 Å². The molecular formula is C2H3CoO. The first-order valence-electron chi connectivity index (χ1n) is 0.880. The van der Waals surface area contributed by atoms with E-state index in [1.807, 2.05) is 0 Å². The van der Waals surface area contributed by atoms with Crippen molar-refractivity contribution in [3.8, 4) is 0 Å². The topological polar surface area (TPSA) is 17.1 Å². The molecule has 0 atom stereocenters. The van der Waals surface area contributed by atoms with Crippen LogP contribution in [0.4, 0.5) is 0 Å². The van der Waals surface area contributed by atoms with Crippen LogP contribution in [0, 0.1) is 0 Å². The van der Waals surface area contributed by atoms with Gasteiger partial charge in [0.2, 0.25) is 0 Å². The summed E-state index contributed by atoms with van der Waals surface area (Å²) in [6, 6.07) is 0. The van der Waals surface area contributed by atoms with Gasteiger partial charge in [-0.3, -0.25) is 0 Å². The Balaban J connectivity index is 2.30. The standard InChI is InChI=1S/C2H3O.Co/c1-2-3;/h2H,1H2;. The van der Waals surface area contributed by atoms with Gasteiger partial charge in [0.05, 0.1) is 0 Å². The van der Waals surface area contributed by atoms with E-state index in [0.29, 0.717) is 5.36 Å². The van der Waals surface area contributed by atoms with E-state index in [-0.39, 0.29) is 0 Å². The zero-order valence-electron chi connectivity index (χ0n) is 2.03. The predicted molar refractivity (Wildman–Crippen MR) is 10.9 cm³/mol. The Hall–Kier alpha value is 0.176. The molecule has 0 radical (unpaired) electrons. The van der Waals surface area contributed by atoms with Crippen LogP contribution < -0.4 is 0 Å². The second-order valence-electron chi connectivity index (χ2n) is 0.303. The van der Waals surface area contributed by atoms with E-state index in [0.717, 1.165) is 6.29 Å². The molecule has 0 fully saturated rings. The van der Waals surface area contributed by atoms with Gasteiger partial charge in [0.1, 0.15) is 0 Å². The van der Waals surface area contributed by atoms with Crippen molar-refractivity contribution in [2.45, 2.75) is 5.36 Å². The van der Waals surface area contributed by atoms with Gasteiger partial charge in [0.15, 0.2) is 0 Å². The molecule has 0 unspecified atom stereocenters. The molecule has 0 bridgehead atoms. The molecule has 2 heteroatoms. The molecule has 26 valence electrons. The first-order valence-corrected chi connectivity index (χ1v) is 1.62. The molecule has 0 aliphatic heterocycles. The van der Waals surface area contributed by atoms with Crippen LogP contribution in [0.3, 0.4) is 0 Å². The summed E-state index contributed by atoms with van der Waals surface area (Å²) in [5.41, 5.74) is 0. The summed E-state index contributed by atoms with van der Waals surface area (Å²) in [6.45, 7) is 0. The van der Waals surface area contributed by atoms with Crippen LogP contribution >= 0.6 is 0 Å². The molecule has 0 rings (SSSR count). The SMILES string of the molecule is O=C[CH2][Co]. The average molecular weight is 102 g/mol. The second kappa shape index (κ2) is 3.18. The van der Waals surface area contributed by atoms with E-state index in [2.05, 4.69) is 15.7 Å². The van der Waals surface area contributed by atoms with Crippen molar-refractivity contribution < 1.29 is 20.5 Å². The van der Waals surface area contributed by atoms with Gasteiger partial charge in [-0.25, -0.2) is 0 Å². The number of hydrogen-bond acceptors (Lipinski definition) is 1. The number of rotatable bonds is 1. The third-order valence-electron chi connectivity index (χ3n) is 0.0556. The Morgan fingerprint density at radius 3 is 2.25 bits per heavy atom. The molecule has 0 spiro atoms. The molecular weight excluding hydrogens is 99.0 g/mol. The molecule has 0 aromatic rings. The monoisotopic (exact) mass is 102 g/mol. The van der Waals surface area contributed by atoms with Gasteiger partial charge >= 0.3 is 32.2 Å². The van der Waals surface area contributed by atoms with Gasteiger partial charge in [0.25, 0.3) is 0 Å². The molecule has 0 aromatic heterocycles. The molecule has 0 N–H and O–H groups in total. The molecule has 0 amide bonds. The first kappa shape index (κ1) is 4.18. The van der Waals surface area contributed by atoms with E-state index < -0.39 is 0 Å². The summed E-state index contributed by atoms with van der Waals surface area (Å²) in [4.78, 5) is 9.10. The van der Waals surface area contributed by atoms with Crippen molar-refractivity contribution in [1.29, 1.82) is 0 Å². The Morgan fingerprint density at radius 2 is 2.25 bits per heavy atom. The van der Waals surface area contributed by atoms with Crippen LogP contribution in [0.5, 0.6) is 0 Å². The third kappa shape index (κ3) is 2.18. The summed E-state index contributed by atoms with van der Waals surface area (Å²) in [7, 11) is 0. The minimum absolute atomic E-state index is 0.326. The Kier molecular flexibility index (Phi) is 3.32. The van der Waals surface area contributed by atoms with Crippen molar-refractivity contribution in [2.24, 2.45) is 0 Å². The first-order chi connectivity index (χ1) is 1.91. The summed E-state index contributed by atoms with van der Waals surface area (Å²) in [5.74, 6) is 0. The molecule has 0 aromatic carbocycles. The van der Waals surface area contributed by atoms with Gasteiger partial charge in [0, 0.05) is 0 Å². The van der Waals surface area contributed by atoms with E-state index in [1.54, 1.807) is 0 Å². The summed E-state index contributed by atoms with van der Waals surface area (Å²) < 4.78 is 0. The van der Waals surface area contributed by atoms with Crippen LogP contribution in [0.1, 0.15) is 0 Å². The number of aldehydes is 1. The van der Waals surface area contributed by atoms with Crippen molar-refractivity contribution in [2.75, 3.05) is 0 Å². The summed E-state index contributed by atoms with van der Waals surface area (Å²) >= 11 is 3.59. The molecule has 0 aliphatic carbocycles. The van der Waals surface area contributed by atoms with E-state index in [1.165, 1.54) is 0 Å². The van der Waals surface area contributed by atoms with Crippen molar-refractivity contribution in [1.82, 2.24) is 0 Å². The summed E-state index contributed by atoms with van der Waals surface area (Å²) in [5, 5.41) is 0.326. The molecule has 4 heavy (non-hydrogen) atoms. The van der Waals surface area contributed by atoms with Gasteiger partial charge < -0.3 is 0 Å². The number of hydrogen-bond donors (Lipinski definition) is 0. The second-order valence-corrected chi connectivity index (χ2v) is 0.728. The zero-order chi connectivity index (χ0) is 3.41. The normalized spacial score (nSPS) is 6.50. The Morgan fingerprint density at radius 1 is 2.00 bits per heavy atom. The number of carbonyl (C=O) groups excluding carboxylic acids is 1. The summed E-state index contributed by atoms with van der Waals surface area (Å²) in [6.07, 6.45) is 0.736. The van der Waals surface area contributed by atoms with Gasteiger partial charge in [-0.2, -0.15) is 0 Å². The van der Waals surface area contributed by atoms with Crippen LogP contribution in [-0.4, -0.2) is 6.29 Å².